The van der Waals surface area contributed by atoms with Gasteiger partial charge in [-0.2, -0.15) is 0 Å². The molecule has 0 aliphatic rings. The van der Waals surface area contributed by atoms with Crippen molar-refractivity contribution in [2.45, 2.75) is 71.4 Å². The molecule has 1 atom stereocenters. The van der Waals surface area contributed by atoms with Gasteiger partial charge in [0.1, 0.15) is 11.4 Å². The molecular weight excluding hydrogens is 364 g/mol. The molecule has 0 aliphatic carbocycles. The molecule has 0 aliphatic heterocycles. The Kier molecular flexibility index (Phi) is 6.62. The number of alkyl carbamates (subject to hydrolysis) is 1. The van der Waals surface area contributed by atoms with Crippen LogP contribution in [0.25, 0.3) is 10.9 Å². The summed E-state index contributed by atoms with van der Waals surface area (Å²) in [4.78, 5) is 23.8. The minimum absolute atomic E-state index is 0.302. The summed E-state index contributed by atoms with van der Waals surface area (Å²) in [6.07, 6.45) is 8.56. The van der Waals surface area contributed by atoms with E-state index in [1.165, 1.54) is 12.8 Å². The van der Waals surface area contributed by atoms with Crippen LogP contribution in [0.15, 0.2) is 36.7 Å². The Labute approximate surface area is 172 Å². The average molecular weight is 397 g/mol. The van der Waals surface area contributed by atoms with E-state index in [1.807, 2.05) is 51.4 Å². The summed E-state index contributed by atoms with van der Waals surface area (Å²) in [5.41, 5.74) is 2.69. The smallest absolute Gasteiger partial charge is 0.408 e. The summed E-state index contributed by atoms with van der Waals surface area (Å²) in [6.45, 7) is 7.78. The van der Waals surface area contributed by atoms with Crippen LogP contribution < -0.4 is 5.32 Å². The van der Waals surface area contributed by atoms with E-state index in [4.69, 9.17) is 9.72 Å². The van der Waals surface area contributed by atoms with Crippen molar-refractivity contribution in [1.29, 1.82) is 0 Å². The van der Waals surface area contributed by atoms with Crippen molar-refractivity contribution < 1.29 is 9.53 Å². The van der Waals surface area contributed by atoms with Crippen molar-refractivity contribution in [3.05, 3.63) is 53.7 Å². The average Bonchev–Trinajstić information content (AvgIpc) is 3.27. The fourth-order valence-corrected chi connectivity index (χ4v) is 3.43. The maximum absolute atomic E-state index is 12.5. The molecule has 2 aromatic heterocycles. The van der Waals surface area contributed by atoms with Gasteiger partial charge in [-0.15, -0.1) is 0 Å². The number of fused-ring (bicyclic) bond motifs is 1. The van der Waals surface area contributed by atoms with Crippen molar-refractivity contribution in [3.8, 4) is 0 Å². The number of amides is 1. The van der Waals surface area contributed by atoms with Crippen LogP contribution in [0.4, 0.5) is 4.79 Å². The first-order chi connectivity index (χ1) is 13.9. The molecule has 0 bridgehead atoms. The van der Waals surface area contributed by atoms with Gasteiger partial charge in [0.15, 0.2) is 0 Å². The number of H-pyrrole nitrogens is 2. The predicted octanol–water partition coefficient (Wildman–Crippen LogP) is 5.43. The highest BCUT2D eigenvalue weighted by Gasteiger charge is 2.23. The van der Waals surface area contributed by atoms with Crippen molar-refractivity contribution in [3.63, 3.8) is 0 Å². The topological polar surface area (TPSA) is 82.8 Å². The van der Waals surface area contributed by atoms with Gasteiger partial charge in [-0.1, -0.05) is 38.0 Å². The second kappa shape index (κ2) is 9.16. The number of hydrogen-bond acceptors (Lipinski definition) is 3. The van der Waals surface area contributed by atoms with Crippen LogP contribution in [0.5, 0.6) is 0 Å². The van der Waals surface area contributed by atoms with Gasteiger partial charge in [0.2, 0.25) is 0 Å². The van der Waals surface area contributed by atoms with Crippen molar-refractivity contribution in [1.82, 2.24) is 20.3 Å². The van der Waals surface area contributed by atoms with Gasteiger partial charge in [-0.3, -0.25) is 0 Å². The zero-order valence-corrected chi connectivity index (χ0v) is 17.8. The van der Waals surface area contributed by atoms with Crippen LogP contribution in [-0.4, -0.2) is 26.6 Å². The zero-order valence-electron chi connectivity index (χ0n) is 17.8. The molecule has 156 valence electrons. The Morgan fingerprint density at radius 2 is 1.97 bits per heavy atom. The highest BCUT2D eigenvalue weighted by molar-refractivity contribution is 5.83. The molecule has 3 rings (SSSR count). The second-order valence-electron chi connectivity index (χ2n) is 8.50. The van der Waals surface area contributed by atoms with Crippen LogP contribution in [0.2, 0.25) is 0 Å². The van der Waals surface area contributed by atoms with Gasteiger partial charge < -0.3 is 20.0 Å². The number of benzene rings is 1. The fraction of sp³-hybridized carbons (Fsp3) is 0.478. The number of para-hydroxylation sites is 1. The largest absolute Gasteiger partial charge is 0.444 e. The number of nitrogens with zero attached hydrogens (tertiary/aromatic N) is 1. The number of aryl methyl sites for hydroxylation is 1. The highest BCUT2D eigenvalue weighted by atomic mass is 16.6. The molecule has 0 radical (unpaired) electrons. The molecular formula is C23H32N4O2. The van der Waals surface area contributed by atoms with Gasteiger partial charge in [-0.05, 0) is 45.2 Å². The summed E-state index contributed by atoms with van der Waals surface area (Å²) in [7, 11) is 0. The van der Waals surface area contributed by atoms with E-state index in [1.54, 1.807) is 0 Å². The summed E-state index contributed by atoms with van der Waals surface area (Å²) in [5.74, 6) is 0.757. The van der Waals surface area contributed by atoms with E-state index in [2.05, 4.69) is 28.3 Å². The standard InChI is InChI=1S/C23H32N4O2/c1-5-6-7-10-17-15-25-21(26-17)20(27-22(28)29-23(2,3)4)13-16-14-24-19-12-9-8-11-18(16)19/h8-9,11-12,14-15,20,24H,5-7,10,13H2,1-4H3,(H,25,26)(H,27,28). The van der Waals surface area contributed by atoms with E-state index < -0.39 is 11.7 Å². The first-order valence-corrected chi connectivity index (χ1v) is 10.4. The number of aromatic amines is 2. The molecule has 1 unspecified atom stereocenters. The molecule has 3 N–H and O–H groups in total. The molecule has 1 amide bonds. The minimum Gasteiger partial charge on any atom is -0.444 e. The SMILES string of the molecule is CCCCCc1c[nH]c(C(Cc2c[nH]c3ccccc23)NC(=O)OC(C)(C)C)n1. The normalized spacial score (nSPS) is 12.8. The second-order valence-corrected chi connectivity index (χ2v) is 8.50. The molecule has 29 heavy (non-hydrogen) atoms. The molecule has 6 heteroatoms. The first-order valence-electron chi connectivity index (χ1n) is 10.4. The number of carbonyl (C=O) groups is 1. The van der Waals surface area contributed by atoms with Gasteiger partial charge in [0.05, 0.1) is 11.7 Å². The van der Waals surface area contributed by atoms with Gasteiger partial charge >= 0.3 is 6.09 Å². The Balaban J connectivity index is 1.80. The van der Waals surface area contributed by atoms with Crippen molar-refractivity contribution >= 4 is 17.0 Å². The quantitative estimate of drug-likeness (QED) is 0.444. The van der Waals surface area contributed by atoms with E-state index in [9.17, 15) is 4.79 Å². The minimum atomic E-state index is -0.552. The summed E-state index contributed by atoms with van der Waals surface area (Å²) < 4.78 is 5.48. The number of imidazole rings is 1. The molecule has 0 spiro atoms. The van der Waals surface area contributed by atoms with Gasteiger partial charge in [0, 0.05) is 29.7 Å². The lowest BCUT2D eigenvalue weighted by Gasteiger charge is -2.23. The molecule has 3 aromatic rings. The van der Waals surface area contributed by atoms with E-state index >= 15 is 0 Å². The Morgan fingerprint density at radius 3 is 2.72 bits per heavy atom. The highest BCUT2D eigenvalue weighted by Crippen LogP contribution is 2.24. The van der Waals surface area contributed by atoms with Crippen molar-refractivity contribution in [2.24, 2.45) is 0 Å². The number of unbranched alkanes of at least 4 members (excludes halogenated alkanes) is 2. The van der Waals surface area contributed by atoms with Crippen LogP contribution in [0, 0.1) is 0 Å². The lowest BCUT2D eigenvalue weighted by atomic mass is 10.0. The van der Waals surface area contributed by atoms with E-state index in [0.29, 0.717) is 6.42 Å². The van der Waals surface area contributed by atoms with Gasteiger partial charge in [0.25, 0.3) is 0 Å². The lowest BCUT2D eigenvalue weighted by Crippen LogP contribution is -2.36. The Hall–Kier alpha value is -2.76. The Morgan fingerprint density at radius 1 is 1.17 bits per heavy atom. The van der Waals surface area contributed by atoms with Gasteiger partial charge in [-0.25, -0.2) is 9.78 Å². The third-order valence-corrected chi connectivity index (χ3v) is 4.81. The molecule has 6 nitrogen and oxygen atoms in total. The number of nitrogens with one attached hydrogen (secondary N) is 3. The number of hydrogen-bond donors (Lipinski definition) is 3. The number of rotatable bonds is 8. The van der Waals surface area contributed by atoms with Crippen LogP contribution in [0.1, 0.15) is 70.1 Å². The number of ether oxygens (including phenoxy) is 1. The van der Waals surface area contributed by atoms with E-state index in [-0.39, 0.29) is 6.04 Å². The maximum Gasteiger partial charge on any atom is 0.408 e. The molecule has 0 saturated heterocycles. The monoisotopic (exact) mass is 396 g/mol. The van der Waals surface area contributed by atoms with Crippen molar-refractivity contribution in [2.75, 3.05) is 0 Å². The fourth-order valence-electron chi connectivity index (χ4n) is 3.43. The van der Waals surface area contributed by atoms with Crippen LogP contribution in [0.3, 0.4) is 0 Å². The molecule has 0 saturated carbocycles. The predicted molar refractivity (Wildman–Crippen MR) is 116 cm³/mol. The summed E-state index contributed by atoms with van der Waals surface area (Å²) in [6, 6.07) is 7.87. The molecule has 2 heterocycles. The molecule has 0 fully saturated rings. The first kappa shape index (κ1) is 21.0. The number of aromatic nitrogens is 3. The molecule has 1 aromatic carbocycles. The van der Waals surface area contributed by atoms with Crippen LogP contribution >= 0.6 is 0 Å². The zero-order chi connectivity index (χ0) is 20.9. The maximum atomic E-state index is 12.5. The third-order valence-electron chi connectivity index (χ3n) is 4.81. The summed E-state index contributed by atoms with van der Waals surface area (Å²) in [5, 5.41) is 4.16. The summed E-state index contributed by atoms with van der Waals surface area (Å²) >= 11 is 0. The number of carbonyl (C=O) groups excluding carboxylic acids is 1. The van der Waals surface area contributed by atoms with E-state index in [0.717, 1.165) is 40.8 Å². The van der Waals surface area contributed by atoms with Crippen LogP contribution in [-0.2, 0) is 17.6 Å². The third kappa shape index (κ3) is 5.86. The lowest BCUT2D eigenvalue weighted by molar-refractivity contribution is 0.0501. The Bertz CT molecular complexity index is 936.